The molecule has 10 rings (SSSR count). The molecule has 3 aromatic heterocycles. The van der Waals surface area contributed by atoms with Crippen LogP contribution in [0.3, 0.4) is 0 Å². The Labute approximate surface area is 420 Å². The molecular formula is C63H48IrN3. The summed E-state index contributed by atoms with van der Waals surface area (Å²) < 4.78 is 77.7. The molecule has 0 aliphatic carbocycles. The SMILES string of the molecule is [2H]C([2H])(c1cc(-c2ccccc2-c2cnc(-c3[c-]cccc3)cc2-c2ccc(-c3ccccc3)cc2)cc(C([2H])([2H])C([2H])([2H])c2cnc(-c3[c-]cccc3)cc2C)c1)C([2H])([2H])c1cnc(-c2[c-]cccc2)cc1C.[Ir+3]. The Balaban J connectivity index is 0.00000689. The van der Waals surface area contributed by atoms with Gasteiger partial charge in [0.25, 0.3) is 0 Å². The summed E-state index contributed by atoms with van der Waals surface area (Å²) in [6.07, 6.45) is -6.64. The molecule has 67 heavy (non-hydrogen) atoms. The Morgan fingerprint density at radius 1 is 0.373 bits per heavy atom. The van der Waals surface area contributed by atoms with Gasteiger partial charge in [-0.15, -0.1) is 108 Å². The largest absolute Gasteiger partial charge is 3.00 e. The molecule has 0 atom stereocenters. The molecule has 0 radical (unpaired) electrons. The van der Waals surface area contributed by atoms with E-state index in [-0.39, 0.29) is 42.4 Å². The van der Waals surface area contributed by atoms with Gasteiger partial charge in [-0.1, -0.05) is 126 Å². The fourth-order valence-electron chi connectivity index (χ4n) is 8.03. The predicted octanol–water partition coefficient (Wildman–Crippen LogP) is 15.1. The summed E-state index contributed by atoms with van der Waals surface area (Å²) in [5.74, 6) is 0. The van der Waals surface area contributed by atoms with Crippen molar-refractivity contribution in [3.8, 4) is 78.3 Å². The third kappa shape index (κ3) is 10.4. The fraction of sp³-hybridized carbons (Fsp3) is 0.0952. The molecule has 4 heteroatoms. The van der Waals surface area contributed by atoms with Gasteiger partial charge in [0, 0.05) is 35.1 Å². The maximum atomic E-state index is 9.81. The van der Waals surface area contributed by atoms with E-state index in [0.717, 1.165) is 33.4 Å². The number of nitrogens with zero attached hydrogens (tertiary/aromatic N) is 3. The van der Waals surface area contributed by atoms with Crippen LogP contribution < -0.4 is 0 Å². The Bertz CT molecular complexity index is 3500. The summed E-state index contributed by atoms with van der Waals surface area (Å²) in [6.45, 7) is 3.42. The van der Waals surface area contributed by atoms with E-state index in [9.17, 15) is 11.0 Å². The van der Waals surface area contributed by atoms with Crippen molar-refractivity contribution in [3.63, 3.8) is 0 Å². The van der Waals surface area contributed by atoms with Crippen molar-refractivity contribution >= 4 is 0 Å². The maximum Gasteiger partial charge on any atom is 3.00 e. The van der Waals surface area contributed by atoms with Crippen LogP contribution in [0.4, 0.5) is 0 Å². The van der Waals surface area contributed by atoms with E-state index in [4.69, 9.17) is 4.98 Å². The van der Waals surface area contributed by atoms with Crippen molar-refractivity contribution in [1.29, 1.82) is 0 Å². The minimum atomic E-state index is -2.84. The molecule has 0 unspecified atom stereocenters. The van der Waals surface area contributed by atoms with Gasteiger partial charge in [-0.05, 0) is 118 Å². The molecule has 0 amide bonds. The quantitative estimate of drug-likeness (QED) is 0.108. The van der Waals surface area contributed by atoms with Crippen molar-refractivity contribution in [2.24, 2.45) is 0 Å². The maximum absolute atomic E-state index is 9.81. The van der Waals surface area contributed by atoms with E-state index in [2.05, 4.69) is 64.6 Å². The van der Waals surface area contributed by atoms with Gasteiger partial charge in [0.05, 0.1) is 0 Å². The zero-order valence-electron chi connectivity index (χ0n) is 44.8. The Morgan fingerprint density at radius 2 is 0.821 bits per heavy atom. The third-order valence-corrected chi connectivity index (χ3v) is 11.5. The Hall–Kier alpha value is -7.36. The number of aromatic nitrogens is 3. The standard InChI is InChI=1S/C63H48N3.Ir/c1-44-35-61(51-19-9-4-10-20-51)64-41-54(44)29-27-46-37-47(28-30-55-42-65-62(36-45(55)2)52-21-11-5-12-22-52)39-56(38-46)57-25-15-16-26-58(57)60-43-66-63(53-23-13-6-14-24-53)40-59(60)50-33-31-49(32-34-50)48-17-7-3-8-18-48;/h3-19,21,23,25-26,31-43H,27-30H2,1-2H3;/q-3;+3/i27D2,28D2,29D2,30D2;. The van der Waals surface area contributed by atoms with Gasteiger partial charge in [-0.2, -0.15) is 0 Å². The van der Waals surface area contributed by atoms with Gasteiger partial charge in [-0.25, -0.2) is 0 Å². The Morgan fingerprint density at radius 3 is 1.33 bits per heavy atom. The molecule has 0 saturated carbocycles. The zero-order valence-corrected chi connectivity index (χ0v) is 39.2. The second kappa shape index (κ2) is 20.9. The van der Waals surface area contributed by atoms with Crippen molar-refractivity contribution in [3.05, 3.63) is 258 Å². The van der Waals surface area contributed by atoms with Gasteiger partial charge in [0.1, 0.15) is 0 Å². The minimum absolute atomic E-state index is 0. The summed E-state index contributed by atoms with van der Waals surface area (Å²) in [5, 5.41) is 0. The molecule has 0 spiro atoms. The van der Waals surface area contributed by atoms with Crippen molar-refractivity contribution in [2.75, 3.05) is 0 Å². The molecular weight excluding hydrogens is 991 g/mol. The first kappa shape index (κ1) is 35.8. The van der Waals surface area contributed by atoms with Crippen LogP contribution in [0.15, 0.2) is 207 Å². The topological polar surface area (TPSA) is 38.7 Å². The summed E-state index contributed by atoms with van der Waals surface area (Å²) >= 11 is 0. The van der Waals surface area contributed by atoms with Crippen molar-refractivity contribution in [2.45, 2.75) is 39.3 Å². The van der Waals surface area contributed by atoms with E-state index in [1.165, 1.54) is 18.5 Å². The number of aryl methyl sites for hydroxylation is 6. The minimum Gasteiger partial charge on any atom is -0.304 e. The third-order valence-electron chi connectivity index (χ3n) is 11.5. The number of pyridine rings is 3. The molecule has 0 saturated heterocycles. The van der Waals surface area contributed by atoms with Crippen molar-refractivity contribution in [1.82, 2.24) is 15.0 Å². The normalized spacial score (nSPS) is 13.6. The van der Waals surface area contributed by atoms with Crippen LogP contribution in [0.25, 0.3) is 78.3 Å². The summed E-state index contributed by atoms with van der Waals surface area (Å²) in [7, 11) is 0. The molecule has 324 valence electrons. The summed E-state index contributed by atoms with van der Waals surface area (Å²) in [5.41, 5.74) is 10.7. The molecule has 3 heterocycles. The second-order valence-electron chi connectivity index (χ2n) is 16.0. The Kier molecular flexibility index (Phi) is 11.2. The second-order valence-corrected chi connectivity index (χ2v) is 16.0. The van der Waals surface area contributed by atoms with Crippen LogP contribution in [0.2, 0.25) is 0 Å². The van der Waals surface area contributed by atoms with Crippen molar-refractivity contribution < 1.29 is 31.1 Å². The van der Waals surface area contributed by atoms with Gasteiger partial charge in [-0.3, -0.25) is 0 Å². The van der Waals surface area contributed by atoms with Gasteiger partial charge < -0.3 is 15.0 Å². The predicted molar refractivity (Wildman–Crippen MR) is 272 cm³/mol. The van der Waals surface area contributed by atoms with Crippen LogP contribution in [0.5, 0.6) is 0 Å². The molecule has 0 aliphatic heterocycles. The summed E-state index contributed by atoms with van der Waals surface area (Å²) in [4.78, 5) is 14.1. The molecule has 10 aromatic rings. The fourth-order valence-corrected chi connectivity index (χ4v) is 8.03. The van der Waals surface area contributed by atoms with Crippen LogP contribution in [-0.2, 0) is 45.6 Å². The monoisotopic (exact) mass is 1050 g/mol. The molecule has 3 nitrogen and oxygen atoms in total. The number of rotatable bonds is 13. The molecule has 7 aromatic carbocycles. The summed E-state index contributed by atoms with van der Waals surface area (Å²) in [6, 6.07) is 67.5. The number of hydrogen-bond acceptors (Lipinski definition) is 3. The number of benzene rings is 7. The van der Waals surface area contributed by atoms with E-state index in [0.29, 0.717) is 56.0 Å². The zero-order chi connectivity index (χ0) is 51.8. The average molecular weight is 1050 g/mol. The first-order chi connectivity index (χ1) is 35.5. The smallest absolute Gasteiger partial charge is 0.304 e. The molecule has 0 N–H and O–H groups in total. The average Bonchev–Trinajstić information content (AvgIpc) is 3.43. The molecule has 0 aliphatic rings. The first-order valence-corrected chi connectivity index (χ1v) is 21.8. The van der Waals surface area contributed by atoms with Crippen LogP contribution >= 0.6 is 0 Å². The van der Waals surface area contributed by atoms with Crippen LogP contribution in [0.1, 0.15) is 44.3 Å². The molecule has 0 fully saturated rings. The first-order valence-electron chi connectivity index (χ1n) is 25.8. The van der Waals surface area contributed by atoms with E-state index >= 15 is 0 Å². The molecule has 0 bridgehead atoms. The van der Waals surface area contributed by atoms with Gasteiger partial charge in [0.2, 0.25) is 0 Å². The van der Waals surface area contributed by atoms with Gasteiger partial charge >= 0.3 is 20.1 Å². The van der Waals surface area contributed by atoms with E-state index in [1.54, 1.807) is 56.4 Å². The number of hydrogen-bond donors (Lipinski definition) is 0. The van der Waals surface area contributed by atoms with E-state index in [1.807, 2.05) is 109 Å². The van der Waals surface area contributed by atoms with Crippen LogP contribution in [0, 0.1) is 32.0 Å². The van der Waals surface area contributed by atoms with Crippen LogP contribution in [-0.4, -0.2) is 15.0 Å². The van der Waals surface area contributed by atoms with E-state index < -0.39 is 25.5 Å². The van der Waals surface area contributed by atoms with Gasteiger partial charge in [0.15, 0.2) is 0 Å².